The van der Waals surface area contributed by atoms with Gasteiger partial charge >= 0.3 is 6.01 Å². The van der Waals surface area contributed by atoms with E-state index in [0.717, 1.165) is 31.0 Å². The second-order valence-electron chi connectivity index (χ2n) is 4.65. The fourth-order valence-corrected chi connectivity index (χ4v) is 2.33. The van der Waals surface area contributed by atoms with Crippen LogP contribution >= 0.6 is 0 Å². The van der Waals surface area contributed by atoms with Crippen molar-refractivity contribution in [3.05, 3.63) is 35.9 Å². The van der Waals surface area contributed by atoms with Gasteiger partial charge in [0.2, 0.25) is 0 Å². The number of aromatic amines is 1. The summed E-state index contributed by atoms with van der Waals surface area (Å²) in [6, 6.07) is 2.56. The molecule has 1 fully saturated rings. The van der Waals surface area contributed by atoms with Crippen LogP contribution < -0.4 is 4.74 Å². The van der Waals surface area contributed by atoms with E-state index in [2.05, 4.69) is 25.1 Å². The number of H-pyrrole nitrogens is 1. The van der Waals surface area contributed by atoms with Crippen molar-refractivity contribution >= 4 is 0 Å². The summed E-state index contributed by atoms with van der Waals surface area (Å²) in [5.74, 6) is 0. The Morgan fingerprint density at radius 1 is 1.45 bits per heavy atom. The van der Waals surface area contributed by atoms with Crippen molar-refractivity contribution in [1.29, 1.82) is 0 Å². The summed E-state index contributed by atoms with van der Waals surface area (Å²) < 4.78 is 10.5. The molecule has 1 aliphatic rings. The molecule has 1 atom stereocenters. The highest BCUT2D eigenvalue weighted by atomic mass is 16.5. The summed E-state index contributed by atoms with van der Waals surface area (Å²) >= 11 is 0. The van der Waals surface area contributed by atoms with Gasteiger partial charge in [0, 0.05) is 37.2 Å². The van der Waals surface area contributed by atoms with E-state index >= 15 is 0 Å². The Morgan fingerprint density at radius 3 is 3.00 bits per heavy atom. The zero-order valence-corrected chi connectivity index (χ0v) is 11.3. The number of nitrogens with zero attached hydrogens (tertiary/aromatic N) is 4. The van der Waals surface area contributed by atoms with Gasteiger partial charge < -0.3 is 9.47 Å². The standard InChI is InChI=1S/C13H17N5O2/c1-19-13-14-6-10(7-15-13)8-18-4-5-20-9-12(18)11-2-3-16-17-11/h2-3,6-7,12H,4-5,8-9H2,1H3,(H,16,17)/t12-/m0/s1. The predicted molar refractivity (Wildman–Crippen MR) is 71.1 cm³/mol. The predicted octanol–water partition coefficient (Wildman–Crippen LogP) is 0.782. The Kier molecular flexibility index (Phi) is 3.89. The van der Waals surface area contributed by atoms with Crippen molar-refractivity contribution in [2.75, 3.05) is 26.9 Å². The van der Waals surface area contributed by atoms with Gasteiger partial charge in [-0.05, 0) is 6.07 Å². The smallest absolute Gasteiger partial charge is 0.316 e. The van der Waals surface area contributed by atoms with E-state index in [-0.39, 0.29) is 6.04 Å². The number of ether oxygens (including phenoxy) is 2. The highest BCUT2D eigenvalue weighted by Gasteiger charge is 2.25. The molecule has 1 N–H and O–H groups in total. The maximum absolute atomic E-state index is 5.57. The van der Waals surface area contributed by atoms with E-state index < -0.39 is 0 Å². The van der Waals surface area contributed by atoms with Crippen molar-refractivity contribution in [3.8, 4) is 6.01 Å². The summed E-state index contributed by atoms with van der Waals surface area (Å²) in [5.41, 5.74) is 2.12. The van der Waals surface area contributed by atoms with Crippen LogP contribution in [-0.4, -0.2) is 51.9 Å². The van der Waals surface area contributed by atoms with Crippen LogP contribution in [0.4, 0.5) is 0 Å². The summed E-state index contributed by atoms with van der Waals surface area (Å²) in [7, 11) is 1.56. The van der Waals surface area contributed by atoms with Crippen LogP contribution in [0.1, 0.15) is 17.3 Å². The maximum Gasteiger partial charge on any atom is 0.316 e. The van der Waals surface area contributed by atoms with Crippen LogP contribution in [-0.2, 0) is 11.3 Å². The molecule has 0 spiro atoms. The molecule has 0 radical (unpaired) electrons. The van der Waals surface area contributed by atoms with Gasteiger partial charge in [-0.2, -0.15) is 5.10 Å². The highest BCUT2D eigenvalue weighted by Crippen LogP contribution is 2.24. The van der Waals surface area contributed by atoms with Gasteiger partial charge in [0.05, 0.1) is 32.1 Å². The van der Waals surface area contributed by atoms with Crippen LogP contribution in [0.25, 0.3) is 0 Å². The molecular weight excluding hydrogens is 258 g/mol. The number of hydrogen-bond acceptors (Lipinski definition) is 6. The summed E-state index contributed by atoms with van der Waals surface area (Å²) in [5, 5.41) is 7.03. The first-order chi connectivity index (χ1) is 9.86. The summed E-state index contributed by atoms with van der Waals surface area (Å²) in [4.78, 5) is 10.6. The van der Waals surface area contributed by atoms with Crippen molar-refractivity contribution in [2.45, 2.75) is 12.6 Å². The van der Waals surface area contributed by atoms with Crippen molar-refractivity contribution in [3.63, 3.8) is 0 Å². The van der Waals surface area contributed by atoms with Crippen LogP contribution in [0.5, 0.6) is 6.01 Å². The third kappa shape index (κ3) is 2.78. The Balaban J connectivity index is 1.73. The zero-order valence-electron chi connectivity index (χ0n) is 11.3. The molecule has 3 rings (SSSR count). The molecule has 0 saturated carbocycles. The van der Waals surface area contributed by atoms with E-state index in [1.807, 2.05) is 6.07 Å². The van der Waals surface area contributed by atoms with Crippen molar-refractivity contribution in [1.82, 2.24) is 25.1 Å². The molecule has 0 aromatic carbocycles. The number of rotatable bonds is 4. The Bertz CT molecular complexity index is 528. The van der Waals surface area contributed by atoms with E-state index in [1.54, 1.807) is 25.7 Å². The molecule has 2 aromatic rings. The first-order valence-corrected chi connectivity index (χ1v) is 6.53. The Morgan fingerprint density at radius 2 is 2.30 bits per heavy atom. The number of hydrogen-bond donors (Lipinski definition) is 1. The molecule has 0 aliphatic carbocycles. The van der Waals surface area contributed by atoms with Gasteiger partial charge in [0.15, 0.2) is 0 Å². The van der Waals surface area contributed by atoms with E-state index in [9.17, 15) is 0 Å². The average molecular weight is 275 g/mol. The normalized spacial score (nSPS) is 19.9. The molecule has 1 saturated heterocycles. The largest absolute Gasteiger partial charge is 0.467 e. The fraction of sp³-hybridized carbons (Fsp3) is 0.462. The minimum Gasteiger partial charge on any atom is -0.467 e. The number of methoxy groups -OCH3 is 1. The third-order valence-corrected chi connectivity index (χ3v) is 3.37. The lowest BCUT2D eigenvalue weighted by Crippen LogP contribution is -2.39. The van der Waals surface area contributed by atoms with Gasteiger partial charge in [0.25, 0.3) is 0 Å². The Hall–Kier alpha value is -1.99. The fourth-order valence-electron chi connectivity index (χ4n) is 2.33. The summed E-state index contributed by atoms with van der Waals surface area (Å²) in [6.45, 7) is 3.05. The SMILES string of the molecule is COc1ncc(CN2CCOC[C@H]2c2ccn[nH]2)cn1. The topological polar surface area (TPSA) is 76.2 Å². The molecule has 1 aliphatic heterocycles. The van der Waals surface area contributed by atoms with Crippen LogP contribution in [0, 0.1) is 0 Å². The molecule has 2 aromatic heterocycles. The lowest BCUT2D eigenvalue weighted by molar-refractivity contribution is -0.0143. The molecule has 0 unspecified atom stereocenters. The quantitative estimate of drug-likeness (QED) is 0.888. The lowest BCUT2D eigenvalue weighted by atomic mass is 10.1. The van der Waals surface area contributed by atoms with Crippen molar-refractivity contribution < 1.29 is 9.47 Å². The molecule has 106 valence electrons. The van der Waals surface area contributed by atoms with E-state index in [0.29, 0.717) is 12.6 Å². The van der Waals surface area contributed by atoms with Crippen LogP contribution in [0.3, 0.4) is 0 Å². The molecule has 0 bridgehead atoms. The van der Waals surface area contributed by atoms with Gasteiger partial charge in [-0.15, -0.1) is 0 Å². The number of aromatic nitrogens is 4. The first-order valence-electron chi connectivity index (χ1n) is 6.53. The molecule has 7 nitrogen and oxygen atoms in total. The highest BCUT2D eigenvalue weighted by molar-refractivity contribution is 5.11. The van der Waals surface area contributed by atoms with Gasteiger partial charge in [0.1, 0.15) is 0 Å². The number of morpholine rings is 1. The number of nitrogens with one attached hydrogen (secondary N) is 1. The third-order valence-electron chi connectivity index (χ3n) is 3.37. The van der Waals surface area contributed by atoms with Gasteiger partial charge in [-0.1, -0.05) is 0 Å². The van der Waals surface area contributed by atoms with E-state index in [1.165, 1.54) is 0 Å². The van der Waals surface area contributed by atoms with Crippen LogP contribution in [0.15, 0.2) is 24.7 Å². The monoisotopic (exact) mass is 275 g/mol. The summed E-state index contributed by atoms with van der Waals surface area (Å²) in [6.07, 6.45) is 5.36. The van der Waals surface area contributed by atoms with Crippen molar-refractivity contribution in [2.24, 2.45) is 0 Å². The van der Waals surface area contributed by atoms with Gasteiger partial charge in [-0.25, -0.2) is 9.97 Å². The molecule has 0 amide bonds. The molecule has 7 heteroatoms. The first kappa shape index (κ1) is 13.0. The van der Waals surface area contributed by atoms with Crippen LogP contribution in [0.2, 0.25) is 0 Å². The second kappa shape index (κ2) is 5.98. The lowest BCUT2D eigenvalue weighted by Gasteiger charge is -2.34. The molecule has 3 heterocycles. The van der Waals surface area contributed by atoms with Gasteiger partial charge in [-0.3, -0.25) is 10.00 Å². The average Bonchev–Trinajstić information content (AvgIpc) is 3.03. The molecule has 20 heavy (non-hydrogen) atoms. The minimum atomic E-state index is 0.188. The van der Waals surface area contributed by atoms with E-state index in [4.69, 9.17) is 9.47 Å². The zero-order chi connectivity index (χ0) is 13.8. The maximum atomic E-state index is 5.57. The second-order valence-corrected chi connectivity index (χ2v) is 4.65. The minimum absolute atomic E-state index is 0.188. The molecular formula is C13H17N5O2. The Labute approximate surface area is 116 Å².